The highest BCUT2D eigenvalue weighted by Crippen LogP contribution is 2.29. The van der Waals surface area contributed by atoms with Crippen LogP contribution in [0.2, 0.25) is 10.0 Å². The van der Waals surface area contributed by atoms with Crippen molar-refractivity contribution < 1.29 is 4.79 Å². The predicted molar refractivity (Wildman–Crippen MR) is 101 cm³/mol. The lowest BCUT2D eigenvalue weighted by atomic mass is 10.1. The number of nitrogens with one attached hydrogen (secondary N) is 1. The van der Waals surface area contributed by atoms with Crippen molar-refractivity contribution in [3.8, 4) is 0 Å². The van der Waals surface area contributed by atoms with Crippen molar-refractivity contribution in [3.63, 3.8) is 0 Å². The molecule has 128 valence electrons. The second-order valence-corrected chi connectivity index (χ2v) is 7.14. The molecule has 0 saturated carbocycles. The maximum Gasteiger partial charge on any atom is 0.250 e. The molecule has 0 spiro atoms. The molecule has 0 aliphatic rings. The van der Waals surface area contributed by atoms with Gasteiger partial charge in [-0.05, 0) is 17.7 Å². The zero-order chi connectivity index (χ0) is 17.8. The predicted octanol–water partition coefficient (Wildman–Crippen LogP) is 3.84. The fourth-order valence-corrected chi connectivity index (χ4v) is 3.46. The number of benzene rings is 1. The summed E-state index contributed by atoms with van der Waals surface area (Å²) in [6, 6.07) is 10.2. The van der Waals surface area contributed by atoms with Gasteiger partial charge in [0.25, 0.3) is 5.56 Å². The summed E-state index contributed by atoms with van der Waals surface area (Å²) < 4.78 is 1.33. The number of amides is 1. The third-order valence-corrected chi connectivity index (χ3v) is 5.18. The lowest BCUT2D eigenvalue weighted by Gasteiger charge is -2.04. The molecule has 2 aromatic heterocycles. The maximum atomic E-state index is 12.1. The van der Waals surface area contributed by atoms with Crippen LogP contribution in [0.4, 0.5) is 5.13 Å². The molecule has 2 heterocycles. The number of nitrogens with zero attached hydrogens (tertiary/aromatic N) is 2. The van der Waals surface area contributed by atoms with Crippen molar-refractivity contribution in [1.82, 2.24) is 9.55 Å². The largest absolute Gasteiger partial charge is 0.306 e. The Morgan fingerprint density at radius 3 is 2.84 bits per heavy atom. The number of thiazole rings is 1. The zero-order valence-electron chi connectivity index (χ0n) is 12.9. The van der Waals surface area contributed by atoms with Gasteiger partial charge in [0.15, 0.2) is 5.13 Å². The SMILES string of the molecule is O=C(Cn1ccccc1=O)Nc1ncc(Cc2cccc(Cl)c2Cl)s1. The van der Waals surface area contributed by atoms with E-state index in [2.05, 4.69) is 10.3 Å². The molecule has 5 nitrogen and oxygen atoms in total. The summed E-state index contributed by atoms with van der Waals surface area (Å²) in [5.74, 6) is -0.310. The molecule has 0 aliphatic heterocycles. The van der Waals surface area contributed by atoms with Crippen LogP contribution in [0, 0.1) is 0 Å². The standard InChI is InChI=1S/C17H13Cl2N3O2S/c18-13-5-3-4-11(16(13)19)8-12-9-20-17(25-12)21-14(23)10-22-7-2-1-6-15(22)24/h1-7,9H,8,10H2,(H,20,21,23). The summed E-state index contributed by atoms with van der Waals surface area (Å²) >= 11 is 13.6. The molecule has 3 rings (SSSR count). The van der Waals surface area contributed by atoms with Crippen molar-refractivity contribution >= 4 is 45.6 Å². The van der Waals surface area contributed by atoms with E-state index in [0.29, 0.717) is 21.6 Å². The highest BCUT2D eigenvalue weighted by atomic mass is 35.5. The number of anilines is 1. The molecule has 0 radical (unpaired) electrons. The van der Waals surface area contributed by atoms with Crippen LogP contribution in [0.25, 0.3) is 0 Å². The molecule has 1 amide bonds. The van der Waals surface area contributed by atoms with Crippen molar-refractivity contribution in [2.75, 3.05) is 5.32 Å². The van der Waals surface area contributed by atoms with Crippen LogP contribution in [-0.4, -0.2) is 15.5 Å². The first-order valence-corrected chi connectivity index (χ1v) is 8.93. The number of carbonyl (C=O) groups excluding carboxylic acids is 1. The van der Waals surface area contributed by atoms with Crippen molar-refractivity contribution in [3.05, 3.63) is 79.6 Å². The molecule has 3 aromatic rings. The molecule has 0 unspecified atom stereocenters. The van der Waals surface area contributed by atoms with E-state index < -0.39 is 0 Å². The lowest BCUT2D eigenvalue weighted by molar-refractivity contribution is -0.116. The Balaban J connectivity index is 1.65. The van der Waals surface area contributed by atoms with Crippen LogP contribution < -0.4 is 10.9 Å². The fraction of sp³-hybridized carbons (Fsp3) is 0.118. The molecular formula is C17H13Cl2N3O2S. The Kier molecular flexibility index (Phi) is 5.53. The fourth-order valence-electron chi connectivity index (χ4n) is 2.22. The quantitative estimate of drug-likeness (QED) is 0.715. The van der Waals surface area contributed by atoms with Gasteiger partial charge in [0.1, 0.15) is 6.54 Å². The number of pyridine rings is 1. The number of hydrogen-bond donors (Lipinski definition) is 1. The lowest BCUT2D eigenvalue weighted by Crippen LogP contribution is -2.26. The van der Waals surface area contributed by atoms with Gasteiger partial charge in [-0.1, -0.05) is 41.4 Å². The number of halogens is 2. The molecular weight excluding hydrogens is 381 g/mol. The summed E-state index contributed by atoms with van der Waals surface area (Å²) in [4.78, 5) is 28.8. The molecule has 0 fully saturated rings. The van der Waals surface area contributed by atoms with Crippen molar-refractivity contribution in [1.29, 1.82) is 0 Å². The van der Waals surface area contributed by atoms with E-state index in [9.17, 15) is 9.59 Å². The molecule has 1 aromatic carbocycles. The van der Waals surface area contributed by atoms with Gasteiger partial charge in [-0.3, -0.25) is 9.59 Å². The summed E-state index contributed by atoms with van der Waals surface area (Å²) in [5, 5.41) is 4.20. The molecule has 0 bridgehead atoms. The highest BCUT2D eigenvalue weighted by Gasteiger charge is 2.10. The van der Waals surface area contributed by atoms with Gasteiger partial charge in [-0.15, -0.1) is 11.3 Å². The van der Waals surface area contributed by atoms with E-state index in [4.69, 9.17) is 23.2 Å². The van der Waals surface area contributed by atoms with Gasteiger partial charge >= 0.3 is 0 Å². The second kappa shape index (κ2) is 7.82. The number of rotatable bonds is 5. The Bertz CT molecular complexity index is 968. The average molecular weight is 394 g/mol. The molecule has 25 heavy (non-hydrogen) atoms. The summed E-state index contributed by atoms with van der Waals surface area (Å²) in [5.41, 5.74) is 0.666. The van der Waals surface area contributed by atoms with E-state index in [-0.39, 0.29) is 18.0 Å². The summed E-state index contributed by atoms with van der Waals surface area (Å²) in [6.07, 6.45) is 3.83. The number of hydrogen-bond acceptors (Lipinski definition) is 4. The van der Waals surface area contributed by atoms with Crippen molar-refractivity contribution in [2.24, 2.45) is 0 Å². The Morgan fingerprint density at radius 1 is 1.20 bits per heavy atom. The van der Waals surface area contributed by atoms with Crippen LogP contribution in [0.1, 0.15) is 10.4 Å². The Hall–Kier alpha value is -2.15. The van der Waals surface area contributed by atoms with Crippen molar-refractivity contribution in [2.45, 2.75) is 13.0 Å². The minimum Gasteiger partial charge on any atom is -0.306 e. The van der Waals surface area contributed by atoms with Crippen LogP contribution >= 0.6 is 34.5 Å². The minimum atomic E-state index is -0.310. The molecule has 1 N–H and O–H groups in total. The van der Waals surface area contributed by atoms with Gasteiger partial charge in [0.05, 0.1) is 10.0 Å². The topological polar surface area (TPSA) is 64.0 Å². The highest BCUT2D eigenvalue weighted by molar-refractivity contribution is 7.15. The van der Waals surface area contributed by atoms with E-state index >= 15 is 0 Å². The van der Waals surface area contributed by atoms with Gasteiger partial charge in [-0.25, -0.2) is 4.98 Å². The van der Waals surface area contributed by atoms with Crippen LogP contribution in [-0.2, 0) is 17.8 Å². The number of carbonyl (C=O) groups is 1. The van der Waals surface area contributed by atoms with Crippen LogP contribution in [0.15, 0.2) is 53.6 Å². The molecule has 0 aliphatic carbocycles. The second-order valence-electron chi connectivity index (χ2n) is 5.24. The van der Waals surface area contributed by atoms with E-state index in [1.807, 2.05) is 12.1 Å². The van der Waals surface area contributed by atoms with E-state index in [1.54, 1.807) is 30.6 Å². The summed E-state index contributed by atoms with van der Waals surface area (Å²) in [7, 11) is 0. The first-order chi connectivity index (χ1) is 12.0. The molecule has 0 atom stereocenters. The zero-order valence-corrected chi connectivity index (χ0v) is 15.2. The average Bonchev–Trinajstić information content (AvgIpc) is 3.01. The van der Waals surface area contributed by atoms with E-state index in [1.165, 1.54) is 22.0 Å². The van der Waals surface area contributed by atoms with Gasteiger partial charge in [-0.2, -0.15) is 0 Å². The smallest absolute Gasteiger partial charge is 0.250 e. The minimum absolute atomic E-state index is 0.0608. The number of aromatic nitrogens is 2. The first-order valence-electron chi connectivity index (χ1n) is 7.36. The van der Waals surface area contributed by atoms with Gasteiger partial charge in [0.2, 0.25) is 5.91 Å². The van der Waals surface area contributed by atoms with Crippen LogP contribution in [0.5, 0.6) is 0 Å². The third kappa shape index (κ3) is 4.48. The third-order valence-electron chi connectivity index (χ3n) is 3.41. The molecule has 0 saturated heterocycles. The monoisotopic (exact) mass is 393 g/mol. The Morgan fingerprint density at radius 2 is 2.04 bits per heavy atom. The first kappa shape index (κ1) is 17.7. The normalized spacial score (nSPS) is 10.6. The van der Waals surface area contributed by atoms with E-state index in [0.717, 1.165) is 10.4 Å². The molecule has 8 heteroatoms. The van der Waals surface area contributed by atoms with Gasteiger partial charge < -0.3 is 9.88 Å². The Labute approximate surface area is 157 Å². The van der Waals surface area contributed by atoms with Crippen LogP contribution in [0.3, 0.4) is 0 Å². The van der Waals surface area contributed by atoms with Gasteiger partial charge in [0, 0.05) is 29.8 Å². The maximum absolute atomic E-state index is 12.1. The summed E-state index contributed by atoms with van der Waals surface area (Å²) in [6.45, 7) is -0.0608.